The van der Waals surface area contributed by atoms with Crippen LogP contribution in [0.5, 0.6) is 0 Å². The molecule has 4 aromatic heterocycles. The van der Waals surface area contributed by atoms with Crippen LogP contribution in [0.3, 0.4) is 0 Å². The second-order valence-electron chi connectivity index (χ2n) is 19.6. The lowest BCUT2D eigenvalue weighted by Gasteiger charge is -2.36. The minimum absolute atomic E-state index is 0.129. The number of aryl methyl sites for hydroxylation is 2. The first-order valence-corrected chi connectivity index (χ1v) is 24.6. The number of nitrogens with zero attached hydrogens (tertiary/aromatic N) is 9. The fourth-order valence-electron chi connectivity index (χ4n) is 11.5. The summed E-state index contributed by atoms with van der Waals surface area (Å²) in [5.74, 6) is 0.830. The van der Waals surface area contributed by atoms with Gasteiger partial charge in [0.2, 0.25) is 11.8 Å². The second kappa shape index (κ2) is 18.9. The van der Waals surface area contributed by atoms with Crippen molar-refractivity contribution in [1.82, 2.24) is 43.7 Å². The van der Waals surface area contributed by atoms with Crippen molar-refractivity contribution in [2.24, 2.45) is 20.0 Å². The van der Waals surface area contributed by atoms with Gasteiger partial charge in [-0.15, -0.1) is 0 Å². The van der Waals surface area contributed by atoms with Gasteiger partial charge < -0.3 is 15.2 Å². The van der Waals surface area contributed by atoms with E-state index in [0.29, 0.717) is 35.6 Å². The number of carbonyl (C=O) groups is 3. The molecule has 15 heteroatoms. The van der Waals surface area contributed by atoms with E-state index >= 15 is 0 Å². The van der Waals surface area contributed by atoms with Crippen molar-refractivity contribution in [3.63, 3.8) is 0 Å². The summed E-state index contributed by atoms with van der Waals surface area (Å²) in [6, 6.07) is 22.7. The van der Waals surface area contributed by atoms with E-state index in [4.69, 9.17) is 10.7 Å². The largest absolute Gasteiger partial charge is 0.384 e. The van der Waals surface area contributed by atoms with Gasteiger partial charge in [-0.25, -0.2) is 19.3 Å². The maximum Gasteiger partial charge on any atom is 0.329 e. The fourth-order valence-corrected chi connectivity index (χ4v) is 11.5. The summed E-state index contributed by atoms with van der Waals surface area (Å²) in [7, 11) is 3.86. The van der Waals surface area contributed by atoms with Crippen molar-refractivity contribution in [2.45, 2.75) is 89.4 Å². The molecule has 68 heavy (non-hydrogen) atoms. The van der Waals surface area contributed by atoms with Crippen LogP contribution in [0.25, 0.3) is 33.2 Å². The van der Waals surface area contributed by atoms with E-state index in [9.17, 15) is 19.2 Å². The van der Waals surface area contributed by atoms with Gasteiger partial charge in [-0.2, -0.15) is 0 Å². The van der Waals surface area contributed by atoms with Crippen LogP contribution in [0, 0.1) is 5.92 Å². The molecule has 0 radical (unpaired) electrons. The van der Waals surface area contributed by atoms with Gasteiger partial charge in [-0.3, -0.25) is 38.6 Å². The highest BCUT2D eigenvalue weighted by molar-refractivity contribution is 6.00. The molecule has 3 N–H and O–H groups in total. The van der Waals surface area contributed by atoms with Crippen molar-refractivity contribution >= 4 is 51.8 Å². The number of imide groups is 1. The Balaban J connectivity index is 0.703. The Bertz CT molecular complexity index is 2950. The number of hydrogen-bond donors (Lipinski definition) is 2. The van der Waals surface area contributed by atoms with E-state index in [1.165, 1.54) is 15.8 Å². The number of rotatable bonds is 10. The van der Waals surface area contributed by atoms with Crippen LogP contribution in [0.1, 0.15) is 104 Å². The molecule has 4 saturated heterocycles. The van der Waals surface area contributed by atoms with Crippen LogP contribution in [0.4, 0.5) is 5.82 Å². The molecular formula is C53H64N11O4+. The predicted molar refractivity (Wildman–Crippen MR) is 265 cm³/mol. The molecule has 4 fully saturated rings. The van der Waals surface area contributed by atoms with Crippen molar-refractivity contribution in [2.75, 3.05) is 51.5 Å². The van der Waals surface area contributed by atoms with Crippen LogP contribution in [-0.2, 0) is 30.2 Å². The Morgan fingerprint density at radius 2 is 1.66 bits per heavy atom. The second-order valence-corrected chi connectivity index (χ2v) is 19.6. The van der Waals surface area contributed by atoms with Crippen molar-refractivity contribution < 1.29 is 19.0 Å². The SMILES string of the molecule is CCC1CN(Cc2ccc3c(c2)n(C)c(=O)n3C2CCC(=O)NC2=O)CC[N+]1=CC1CCN(C(=O)c2ccc(C3CCN([C@@H](C)c4cc5c(-c6ccc(N)nc6)ccnc5n4C)CC3)cc2)CC1. The molecule has 8 heterocycles. The van der Waals surface area contributed by atoms with Gasteiger partial charge >= 0.3 is 5.69 Å². The summed E-state index contributed by atoms with van der Waals surface area (Å²) in [6.07, 6.45) is 11.8. The summed E-state index contributed by atoms with van der Waals surface area (Å²) in [4.78, 5) is 67.7. The molecule has 0 aliphatic carbocycles. The van der Waals surface area contributed by atoms with Gasteiger partial charge in [-0.1, -0.05) is 25.1 Å². The Morgan fingerprint density at radius 3 is 2.38 bits per heavy atom. The molecule has 0 bridgehead atoms. The Kier molecular flexibility index (Phi) is 12.6. The monoisotopic (exact) mass is 919 g/mol. The number of likely N-dealkylation sites (tertiary alicyclic amines) is 2. The lowest BCUT2D eigenvalue weighted by atomic mass is 9.88. The number of fused-ring (bicyclic) bond motifs is 2. The Labute approximate surface area is 397 Å². The zero-order valence-corrected chi connectivity index (χ0v) is 39.8. The van der Waals surface area contributed by atoms with Crippen molar-refractivity contribution in [3.8, 4) is 11.1 Å². The molecule has 6 aromatic rings. The van der Waals surface area contributed by atoms with Gasteiger partial charge in [0.15, 0.2) is 12.6 Å². The number of piperidine rings is 3. The number of aromatic nitrogens is 5. The number of carbonyl (C=O) groups excluding carboxylic acids is 3. The van der Waals surface area contributed by atoms with Gasteiger partial charge in [0.05, 0.1) is 24.1 Å². The zero-order chi connectivity index (χ0) is 47.2. The van der Waals surface area contributed by atoms with Gasteiger partial charge in [0.1, 0.15) is 23.7 Å². The normalized spacial score (nSPS) is 21.5. The molecule has 2 aromatic carbocycles. The molecule has 4 aliphatic heterocycles. The van der Waals surface area contributed by atoms with E-state index in [-0.39, 0.29) is 30.0 Å². The van der Waals surface area contributed by atoms with Gasteiger partial charge in [0, 0.05) is 93.1 Å². The highest BCUT2D eigenvalue weighted by Crippen LogP contribution is 2.36. The van der Waals surface area contributed by atoms with Crippen LogP contribution >= 0.6 is 0 Å². The van der Waals surface area contributed by atoms with E-state index in [0.717, 1.165) is 123 Å². The topological polar surface area (TPSA) is 160 Å². The quantitative estimate of drug-likeness (QED) is 0.124. The minimum Gasteiger partial charge on any atom is -0.384 e. The van der Waals surface area contributed by atoms with E-state index in [1.807, 2.05) is 47.6 Å². The van der Waals surface area contributed by atoms with Crippen LogP contribution in [-0.4, -0.2) is 119 Å². The molecule has 0 spiro atoms. The number of nitrogens with one attached hydrogen (secondary N) is 1. The summed E-state index contributed by atoms with van der Waals surface area (Å²) in [5, 5.41) is 3.51. The number of amides is 3. The number of anilines is 1. The van der Waals surface area contributed by atoms with Crippen molar-refractivity contribution in [3.05, 3.63) is 112 Å². The average Bonchev–Trinajstić information content (AvgIpc) is 3.83. The van der Waals surface area contributed by atoms with Crippen LogP contribution < -0.4 is 16.7 Å². The smallest absolute Gasteiger partial charge is 0.329 e. The van der Waals surface area contributed by atoms with Gasteiger partial charge in [-0.05, 0) is 123 Å². The van der Waals surface area contributed by atoms with Gasteiger partial charge in [0.25, 0.3) is 5.91 Å². The summed E-state index contributed by atoms with van der Waals surface area (Å²) in [6.45, 7) is 11.7. The Morgan fingerprint density at radius 1 is 0.882 bits per heavy atom. The fraction of sp³-hybridized carbons (Fsp3) is 0.453. The molecule has 15 nitrogen and oxygen atoms in total. The zero-order valence-electron chi connectivity index (χ0n) is 39.8. The third-order valence-electron chi connectivity index (χ3n) is 15.6. The number of nitrogen functional groups attached to an aromatic ring is 1. The molecule has 354 valence electrons. The summed E-state index contributed by atoms with van der Waals surface area (Å²) in [5.41, 5.74) is 14.7. The van der Waals surface area contributed by atoms with Crippen molar-refractivity contribution in [1.29, 1.82) is 0 Å². The van der Waals surface area contributed by atoms with E-state index in [1.54, 1.807) is 11.6 Å². The summed E-state index contributed by atoms with van der Waals surface area (Å²) < 4.78 is 7.92. The number of benzene rings is 2. The molecule has 2 unspecified atom stereocenters. The molecule has 4 aliphatic rings. The summed E-state index contributed by atoms with van der Waals surface area (Å²) >= 11 is 0. The highest BCUT2D eigenvalue weighted by Gasteiger charge is 2.34. The van der Waals surface area contributed by atoms with Crippen LogP contribution in [0.2, 0.25) is 0 Å². The van der Waals surface area contributed by atoms with E-state index in [2.05, 4.69) is 92.8 Å². The lowest BCUT2D eigenvalue weighted by molar-refractivity contribution is -0.577. The minimum atomic E-state index is -0.691. The number of piperazine rings is 1. The standard InChI is InChI=1S/C53H63N11O4/c1-5-41-33-60(31-36-6-12-44-47(28-36)59(4)53(68)64(44)45-13-15-49(65)57-51(45)66)26-27-63(41)32-35-17-22-62(23-18-35)52(67)39-9-7-37(8-10-39)38-19-24-61(25-20-38)34(2)46-29-43-42(16-21-55-50(43)58(46)3)40-11-14-48(54)56-30-40/h6-12,14,16,21,28-30,32,34-35,38,41,45H,5,13,15,17-20,22-27,31,33H2,1-4H3,(H2-,54,55,56,57,65,66)/p+1/t34-,41?,45?/m0/s1. The molecule has 10 rings (SSSR count). The third kappa shape index (κ3) is 8.77. The first-order chi connectivity index (χ1) is 32.9. The number of nitrogens with two attached hydrogens (primary N) is 1. The number of hydrogen-bond acceptors (Lipinski definition) is 9. The maximum atomic E-state index is 13.8. The lowest BCUT2D eigenvalue weighted by Crippen LogP contribution is -2.49. The molecular weight excluding hydrogens is 855 g/mol. The third-order valence-corrected chi connectivity index (χ3v) is 15.6. The highest BCUT2D eigenvalue weighted by atomic mass is 16.2. The molecule has 0 saturated carbocycles. The molecule has 3 amide bonds. The predicted octanol–water partition coefficient (Wildman–Crippen LogP) is 6.02. The number of imidazole rings is 1. The maximum absolute atomic E-state index is 13.8. The first-order valence-electron chi connectivity index (χ1n) is 24.6. The average molecular weight is 919 g/mol. The first kappa shape index (κ1) is 45.3. The van der Waals surface area contributed by atoms with E-state index < -0.39 is 11.9 Å². The Hall–Kier alpha value is -6.45. The molecule has 3 atom stereocenters. The number of pyridine rings is 2. The van der Waals surface area contributed by atoms with Crippen LogP contribution in [0.15, 0.2) is 83.9 Å².